The minimum absolute atomic E-state index is 0.0591. The highest BCUT2D eigenvalue weighted by atomic mass is 19.1. The Kier molecular flexibility index (Phi) is 5.40. The number of anilines is 1. The second-order valence-electron chi connectivity index (χ2n) is 6.71. The van der Waals surface area contributed by atoms with Crippen molar-refractivity contribution in [3.8, 4) is 34.2 Å². The van der Waals surface area contributed by atoms with Gasteiger partial charge in [-0.2, -0.15) is 5.26 Å². The van der Waals surface area contributed by atoms with Crippen LogP contribution in [0.1, 0.15) is 11.1 Å². The number of ether oxygens (including phenoxy) is 1. The number of nitrogens with two attached hydrogens (primary N) is 1. The van der Waals surface area contributed by atoms with Crippen LogP contribution in [0.4, 0.5) is 10.2 Å². The quantitative estimate of drug-likeness (QED) is 0.478. The third kappa shape index (κ3) is 3.98. The van der Waals surface area contributed by atoms with Crippen LogP contribution in [0.3, 0.4) is 0 Å². The van der Waals surface area contributed by atoms with Gasteiger partial charge in [-0.1, -0.05) is 54.6 Å². The maximum absolute atomic E-state index is 14.3. The van der Waals surface area contributed by atoms with E-state index in [4.69, 9.17) is 10.5 Å². The lowest BCUT2D eigenvalue weighted by molar-refractivity contribution is 0.306. The summed E-state index contributed by atoms with van der Waals surface area (Å²) in [6.07, 6.45) is 0. The molecule has 146 valence electrons. The molecule has 0 saturated carbocycles. The predicted molar refractivity (Wildman–Crippen MR) is 115 cm³/mol. The Bertz CT molecular complexity index is 1230. The lowest BCUT2D eigenvalue weighted by Crippen LogP contribution is -2.01. The Hall–Kier alpha value is -4.17. The molecule has 0 aliphatic heterocycles. The van der Waals surface area contributed by atoms with Crippen molar-refractivity contribution in [1.29, 1.82) is 5.26 Å². The first-order chi connectivity index (χ1) is 14.7. The SMILES string of the molecule is N#Cc1c(-c2cccc(OCc3ccccc3)c2)cc(-c2ccccc2F)nc1N. The molecule has 30 heavy (non-hydrogen) atoms. The van der Waals surface area contributed by atoms with Crippen molar-refractivity contribution in [2.45, 2.75) is 6.61 Å². The van der Waals surface area contributed by atoms with Crippen LogP contribution in [0.2, 0.25) is 0 Å². The molecule has 0 fully saturated rings. The van der Waals surface area contributed by atoms with Gasteiger partial charge in [0.25, 0.3) is 0 Å². The molecule has 0 radical (unpaired) electrons. The first-order valence-electron chi connectivity index (χ1n) is 9.38. The average Bonchev–Trinajstić information content (AvgIpc) is 2.78. The van der Waals surface area contributed by atoms with Crippen LogP contribution in [0.5, 0.6) is 5.75 Å². The molecular formula is C25H18FN3O. The van der Waals surface area contributed by atoms with Crippen LogP contribution in [-0.4, -0.2) is 4.98 Å². The fourth-order valence-corrected chi connectivity index (χ4v) is 3.21. The van der Waals surface area contributed by atoms with Crippen molar-refractivity contribution in [2.75, 3.05) is 5.73 Å². The van der Waals surface area contributed by atoms with E-state index < -0.39 is 5.82 Å². The van der Waals surface area contributed by atoms with Crippen LogP contribution in [0, 0.1) is 17.1 Å². The smallest absolute Gasteiger partial charge is 0.142 e. The molecule has 0 aliphatic rings. The first kappa shape index (κ1) is 19.2. The molecule has 1 heterocycles. The van der Waals surface area contributed by atoms with Gasteiger partial charge in [-0.05, 0) is 41.5 Å². The molecule has 0 aliphatic carbocycles. The number of nitrogen functional groups attached to an aromatic ring is 1. The Balaban J connectivity index is 1.73. The second kappa shape index (κ2) is 8.46. The topological polar surface area (TPSA) is 71.9 Å². The number of rotatable bonds is 5. The van der Waals surface area contributed by atoms with E-state index in [0.717, 1.165) is 11.1 Å². The van der Waals surface area contributed by atoms with E-state index >= 15 is 0 Å². The minimum Gasteiger partial charge on any atom is -0.489 e. The molecule has 0 atom stereocenters. The van der Waals surface area contributed by atoms with Crippen molar-refractivity contribution in [3.05, 3.63) is 102 Å². The van der Waals surface area contributed by atoms with E-state index in [0.29, 0.717) is 29.2 Å². The summed E-state index contributed by atoms with van der Waals surface area (Å²) in [6, 6.07) is 27.4. The molecule has 0 saturated heterocycles. The van der Waals surface area contributed by atoms with Gasteiger partial charge in [-0.3, -0.25) is 0 Å². The van der Waals surface area contributed by atoms with Gasteiger partial charge in [0.1, 0.15) is 35.6 Å². The summed E-state index contributed by atoms with van der Waals surface area (Å²) in [5, 5.41) is 9.62. The zero-order valence-electron chi connectivity index (χ0n) is 16.0. The van der Waals surface area contributed by atoms with Crippen LogP contribution < -0.4 is 10.5 Å². The summed E-state index contributed by atoms with van der Waals surface area (Å²) >= 11 is 0. The first-order valence-corrected chi connectivity index (χ1v) is 9.38. The molecule has 0 amide bonds. The second-order valence-corrected chi connectivity index (χ2v) is 6.71. The van der Waals surface area contributed by atoms with Crippen molar-refractivity contribution in [1.82, 2.24) is 4.98 Å². The van der Waals surface area contributed by atoms with E-state index in [-0.39, 0.29) is 11.4 Å². The number of aromatic nitrogens is 1. The number of hydrogen-bond acceptors (Lipinski definition) is 4. The summed E-state index contributed by atoms with van der Waals surface area (Å²) in [7, 11) is 0. The number of nitriles is 1. The fourth-order valence-electron chi connectivity index (χ4n) is 3.21. The number of benzene rings is 3. The zero-order valence-corrected chi connectivity index (χ0v) is 16.0. The van der Waals surface area contributed by atoms with Crippen molar-refractivity contribution in [3.63, 3.8) is 0 Å². The third-order valence-electron chi connectivity index (χ3n) is 4.70. The van der Waals surface area contributed by atoms with Crippen LogP contribution in [0.25, 0.3) is 22.4 Å². The summed E-state index contributed by atoms with van der Waals surface area (Å²) in [6.45, 7) is 0.425. The van der Waals surface area contributed by atoms with Gasteiger partial charge in [0.05, 0.1) is 5.69 Å². The van der Waals surface area contributed by atoms with Gasteiger partial charge in [-0.25, -0.2) is 9.37 Å². The van der Waals surface area contributed by atoms with E-state index in [9.17, 15) is 9.65 Å². The Morgan fingerprint density at radius 2 is 1.67 bits per heavy atom. The van der Waals surface area contributed by atoms with E-state index in [1.54, 1.807) is 24.3 Å². The minimum atomic E-state index is -0.403. The lowest BCUT2D eigenvalue weighted by atomic mass is 9.98. The van der Waals surface area contributed by atoms with Crippen molar-refractivity contribution in [2.24, 2.45) is 0 Å². The van der Waals surface area contributed by atoms with Gasteiger partial charge in [-0.15, -0.1) is 0 Å². The Morgan fingerprint density at radius 1 is 0.900 bits per heavy atom. The standard InChI is InChI=1S/C25H18FN3O/c26-23-12-5-4-11-20(23)24-14-21(22(15-27)25(28)29-24)18-9-6-10-19(13-18)30-16-17-7-2-1-3-8-17/h1-14H,16H2,(H2,28,29). The van der Waals surface area contributed by atoms with E-state index in [1.165, 1.54) is 6.07 Å². The number of nitrogens with zero attached hydrogens (tertiary/aromatic N) is 2. The largest absolute Gasteiger partial charge is 0.489 e. The summed E-state index contributed by atoms with van der Waals surface area (Å²) in [5.74, 6) is 0.312. The molecule has 0 spiro atoms. The highest BCUT2D eigenvalue weighted by molar-refractivity contribution is 5.80. The van der Waals surface area contributed by atoms with Gasteiger partial charge in [0.2, 0.25) is 0 Å². The number of pyridine rings is 1. The van der Waals surface area contributed by atoms with Crippen molar-refractivity contribution < 1.29 is 9.13 Å². The molecule has 0 unspecified atom stereocenters. The number of hydrogen-bond donors (Lipinski definition) is 1. The Labute approximate surface area is 174 Å². The van der Waals surface area contributed by atoms with Gasteiger partial charge in [0.15, 0.2) is 0 Å². The van der Waals surface area contributed by atoms with Gasteiger partial charge < -0.3 is 10.5 Å². The molecule has 4 aromatic rings. The Morgan fingerprint density at radius 3 is 2.43 bits per heavy atom. The highest BCUT2D eigenvalue weighted by Gasteiger charge is 2.15. The molecular weight excluding hydrogens is 377 g/mol. The molecule has 0 bridgehead atoms. The molecule has 1 aromatic heterocycles. The monoisotopic (exact) mass is 395 g/mol. The maximum atomic E-state index is 14.3. The molecule has 4 rings (SSSR count). The lowest BCUT2D eigenvalue weighted by Gasteiger charge is -2.12. The van der Waals surface area contributed by atoms with Crippen LogP contribution >= 0.6 is 0 Å². The van der Waals surface area contributed by atoms with Gasteiger partial charge >= 0.3 is 0 Å². The maximum Gasteiger partial charge on any atom is 0.142 e. The molecule has 4 nitrogen and oxygen atoms in total. The van der Waals surface area contributed by atoms with E-state index in [2.05, 4.69) is 11.1 Å². The van der Waals surface area contributed by atoms with Gasteiger partial charge in [0, 0.05) is 11.1 Å². The summed E-state index contributed by atoms with van der Waals surface area (Å²) in [4.78, 5) is 4.24. The third-order valence-corrected chi connectivity index (χ3v) is 4.70. The summed E-state index contributed by atoms with van der Waals surface area (Å²) in [5.41, 5.74) is 9.35. The van der Waals surface area contributed by atoms with E-state index in [1.807, 2.05) is 54.6 Å². The molecule has 5 heteroatoms. The molecule has 3 aromatic carbocycles. The number of halogens is 1. The normalized spacial score (nSPS) is 10.4. The highest BCUT2D eigenvalue weighted by Crippen LogP contribution is 2.33. The van der Waals surface area contributed by atoms with Crippen LogP contribution in [0.15, 0.2) is 84.9 Å². The summed E-state index contributed by atoms with van der Waals surface area (Å²) < 4.78 is 20.2. The molecule has 2 N–H and O–H groups in total. The zero-order chi connectivity index (χ0) is 20.9. The van der Waals surface area contributed by atoms with Crippen LogP contribution in [-0.2, 0) is 6.61 Å². The average molecular weight is 395 g/mol. The van der Waals surface area contributed by atoms with Crippen molar-refractivity contribution >= 4 is 5.82 Å². The predicted octanol–water partition coefficient (Wildman–Crippen LogP) is 5.59. The fraction of sp³-hybridized carbons (Fsp3) is 0.0400.